The summed E-state index contributed by atoms with van der Waals surface area (Å²) in [4.78, 5) is 10.4. The Hall–Kier alpha value is -0.900. The van der Waals surface area contributed by atoms with Gasteiger partial charge in [0.15, 0.2) is 0 Å². The van der Waals surface area contributed by atoms with Gasteiger partial charge < -0.3 is 0 Å². The van der Waals surface area contributed by atoms with E-state index in [1.54, 1.807) is 0 Å². The van der Waals surface area contributed by atoms with Gasteiger partial charge in [-0.25, -0.2) is 0 Å². The number of halogens is 3. The standard InChI is InChI=1S/C7H8.C3Cl3N3/c1-7-5-3-2-4-6-7;4-1-7-2(5)9-3(6)8-1/h2-6H,1H3;. The molecule has 1 aromatic carbocycles. The number of aromatic nitrogens is 3. The average Bonchev–Trinajstić information content (AvgIpc) is 2.17. The maximum absolute atomic E-state index is 5.32. The lowest BCUT2D eigenvalue weighted by molar-refractivity contribution is 1.05. The Kier molecular flexibility index (Phi) is 5.46. The van der Waals surface area contributed by atoms with Crippen molar-refractivity contribution in [2.75, 3.05) is 0 Å². The topological polar surface area (TPSA) is 38.7 Å². The number of hydrogen-bond acceptors (Lipinski definition) is 3. The van der Waals surface area contributed by atoms with Gasteiger partial charge in [0.05, 0.1) is 0 Å². The minimum Gasteiger partial charge on any atom is -0.187 e. The normalized spacial score (nSPS) is 9.25. The van der Waals surface area contributed by atoms with Crippen LogP contribution in [-0.2, 0) is 0 Å². The fraction of sp³-hybridized carbons (Fsp3) is 0.100. The molecule has 6 heteroatoms. The average molecular weight is 277 g/mol. The van der Waals surface area contributed by atoms with Crippen molar-refractivity contribution >= 4 is 34.8 Å². The van der Waals surface area contributed by atoms with E-state index in [2.05, 4.69) is 34.0 Å². The molecule has 0 fully saturated rings. The van der Waals surface area contributed by atoms with E-state index in [1.807, 2.05) is 18.2 Å². The molecule has 0 atom stereocenters. The van der Waals surface area contributed by atoms with Crippen molar-refractivity contribution in [3.63, 3.8) is 0 Å². The van der Waals surface area contributed by atoms with Gasteiger partial charge in [0.1, 0.15) is 0 Å². The molecule has 0 spiro atoms. The molecular weight excluding hydrogens is 268 g/mol. The van der Waals surface area contributed by atoms with E-state index in [4.69, 9.17) is 34.8 Å². The number of nitrogens with zero attached hydrogens (tertiary/aromatic N) is 3. The van der Waals surface area contributed by atoms with E-state index >= 15 is 0 Å². The molecule has 3 nitrogen and oxygen atoms in total. The summed E-state index contributed by atoms with van der Waals surface area (Å²) in [7, 11) is 0. The third kappa shape index (κ3) is 5.26. The van der Waals surface area contributed by atoms with Gasteiger partial charge in [-0.2, -0.15) is 15.0 Å². The molecule has 0 radical (unpaired) electrons. The number of rotatable bonds is 0. The van der Waals surface area contributed by atoms with Crippen LogP contribution in [0.15, 0.2) is 30.3 Å². The molecule has 16 heavy (non-hydrogen) atoms. The summed E-state index contributed by atoms with van der Waals surface area (Å²) >= 11 is 16.0. The van der Waals surface area contributed by atoms with Crippen LogP contribution < -0.4 is 0 Å². The molecule has 1 heterocycles. The van der Waals surface area contributed by atoms with Crippen LogP contribution in [0.2, 0.25) is 15.9 Å². The van der Waals surface area contributed by atoms with E-state index in [0.29, 0.717) is 0 Å². The molecule has 0 aliphatic carbocycles. The molecule has 0 amide bonds. The van der Waals surface area contributed by atoms with Crippen molar-refractivity contribution in [3.8, 4) is 0 Å². The van der Waals surface area contributed by atoms with Gasteiger partial charge in [0.25, 0.3) is 0 Å². The minimum atomic E-state index is 0.000000000000000444. The lowest BCUT2D eigenvalue weighted by atomic mass is 10.2. The van der Waals surface area contributed by atoms with E-state index in [1.165, 1.54) is 5.56 Å². The van der Waals surface area contributed by atoms with Crippen LogP contribution in [-0.4, -0.2) is 15.0 Å². The number of benzene rings is 1. The van der Waals surface area contributed by atoms with Gasteiger partial charge >= 0.3 is 0 Å². The molecular formula is C10H8Cl3N3. The van der Waals surface area contributed by atoms with E-state index < -0.39 is 0 Å². The molecule has 0 aliphatic heterocycles. The first-order valence-corrected chi connectivity index (χ1v) is 5.45. The fourth-order valence-electron chi connectivity index (χ4n) is 0.838. The Labute approximate surface area is 108 Å². The van der Waals surface area contributed by atoms with Crippen LogP contribution in [0.3, 0.4) is 0 Å². The van der Waals surface area contributed by atoms with E-state index in [9.17, 15) is 0 Å². The lowest BCUT2D eigenvalue weighted by Gasteiger charge is -1.88. The van der Waals surface area contributed by atoms with Gasteiger partial charge in [-0.15, -0.1) is 0 Å². The van der Waals surface area contributed by atoms with Crippen LogP contribution in [0.25, 0.3) is 0 Å². The Morgan fingerprint density at radius 3 is 1.38 bits per heavy atom. The summed E-state index contributed by atoms with van der Waals surface area (Å²) in [5, 5.41) is 0.00000000000000178. The van der Waals surface area contributed by atoms with Crippen molar-refractivity contribution in [1.82, 2.24) is 15.0 Å². The highest BCUT2D eigenvalue weighted by molar-refractivity contribution is 6.33. The lowest BCUT2D eigenvalue weighted by Crippen LogP contribution is -1.87. The van der Waals surface area contributed by atoms with Crippen molar-refractivity contribution in [3.05, 3.63) is 51.7 Å². The van der Waals surface area contributed by atoms with Crippen LogP contribution in [0.4, 0.5) is 0 Å². The largest absolute Gasteiger partial charge is 0.227 e. The maximum Gasteiger partial charge on any atom is 0.227 e. The summed E-state index contributed by atoms with van der Waals surface area (Å²) in [5.41, 5.74) is 1.32. The highest BCUT2D eigenvalue weighted by atomic mass is 35.5. The first-order chi connectivity index (χ1) is 7.58. The number of aryl methyl sites for hydroxylation is 1. The van der Waals surface area contributed by atoms with Crippen molar-refractivity contribution in [1.29, 1.82) is 0 Å². The SMILES string of the molecule is Cc1ccccc1.Clc1nc(Cl)nc(Cl)n1. The fourth-order valence-corrected chi connectivity index (χ4v) is 1.45. The predicted octanol–water partition coefficient (Wildman–Crippen LogP) is 3.83. The molecule has 0 N–H and O–H groups in total. The van der Waals surface area contributed by atoms with Crippen LogP contribution in [0.1, 0.15) is 5.56 Å². The van der Waals surface area contributed by atoms with Gasteiger partial charge in [-0.05, 0) is 41.7 Å². The van der Waals surface area contributed by atoms with Crippen LogP contribution >= 0.6 is 34.8 Å². The van der Waals surface area contributed by atoms with Gasteiger partial charge in [-0.1, -0.05) is 35.9 Å². The van der Waals surface area contributed by atoms with E-state index in [0.717, 1.165) is 0 Å². The van der Waals surface area contributed by atoms with Crippen molar-refractivity contribution < 1.29 is 0 Å². The van der Waals surface area contributed by atoms with Crippen molar-refractivity contribution in [2.45, 2.75) is 6.92 Å². The van der Waals surface area contributed by atoms with Gasteiger partial charge in [-0.3, -0.25) is 0 Å². The molecule has 0 saturated carbocycles. The zero-order valence-corrected chi connectivity index (χ0v) is 10.6. The van der Waals surface area contributed by atoms with Gasteiger partial charge in [0.2, 0.25) is 15.9 Å². The molecule has 2 aromatic rings. The van der Waals surface area contributed by atoms with Crippen LogP contribution in [0, 0.1) is 6.92 Å². The second-order valence-electron chi connectivity index (χ2n) is 2.80. The zero-order valence-electron chi connectivity index (χ0n) is 8.36. The smallest absolute Gasteiger partial charge is 0.187 e. The quantitative estimate of drug-likeness (QED) is 0.734. The first-order valence-electron chi connectivity index (χ1n) is 4.32. The molecule has 0 aliphatic rings. The molecule has 0 unspecified atom stereocenters. The molecule has 0 saturated heterocycles. The summed E-state index contributed by atoms with van der Waals surface area (Å²) in [6.45, 7) is 2.08. The maximum atomic E-state index is 5.32. The zero-order chi connectivity index (χ0) is 12.0. The summed E-state index contributed by atoms with van der Waals surface area (Å²) in [5.74, 6) is 0. The Morgan fingerprint density at radius 1 is 0.750 bits per heavy atom. The second kappa shape index (κ2) is 6.63. The Balaban J connectivity index is 0.000000165. The van der Waals surface area contributed by atoms with Crippen LogP contribution in [0.5, 0.6) is 0 Å². The summed E-state index contributed by atoms with van der Waals surface area (Å²) in [6, 6.07) is 10.3. The monoisotopic (exact) mass is 275 g/mol. The number of hydrogen-bond donors (Lipinski definition) is 0. The Bertz CT molecular complexity index is 398. The summed E-state index contributed by atoms with van der Waals surface area (Å²) in [6.07, 6.45) is 0. The highest BCUT2D eigenvalue weighted by Crippen LogP contribution is 2.08. The molecule has 2 rings (SSSR count). The molecule has 84 valence electrons. The summed E-state index contributed by atoms with van der Waals surface area (Å²) < 4.78 is 0. The van der Waals surface area contributed by atoms with E-state index in [-0.39, 0.29) is 15.9 Å². The minimum absolute atomic E-state index is 0.000000000000000444. The third-order valence-corrected chi connectivity index (χ3v) is 2.00. The predicted molar refractivity (Wildman–Crippen MR) is 66.0 cm³/mol. The van der Waals surface area contributed by atoms with Gasteiger partial charge in [0, 0.05) is 0 Å². The second-order valence-corrected chi connectivity index (χ2v) is 3.81. The Morgan fingerprint density at radius 2 is 1.12 bits per heavy atom. The third-order valence-electron chi connectivity index (χ3n) is 1.49. The highest BCUT2D eigenvalue weighted by Gasteiger charge is 1.97. The molecule has 1 aromatic heterocycles. The first kappa shape index (κ1) is 13.2. The van der Waals surface area contributed by atoms with Crippen molar-refractivity contribution in [2.24, 2.45) is 0 Å². The molecule has 0 bridgehead atoms.